The molecule has 9 nitrogen and oxygen atoms in total. The normalized spacial score (nSPS) is 19.4. The van der Waals surface area contributed by atoms with Crippen LogP contribution in [0.5, 0.6) is 5.75 Å². The van der Waals surface area contributed by atoms with E-state index in [0.717, 1.165) is 17.1 Å². The van der Waals surface area contributed by atoms with Gasteiger partial charge >= 0.3 is 0 Å². The average molecular weight is 457 g/mol. The standard InChI is InChI=1S/C24H36N6O3/c1-5-23(29-10-12-30(13-11-29)24(31)22-7-6-14-32-22)27-28(4)16-21(26)19-15-18(33-17(2)3)8-9-20(19)25/h5-6,8-9,14-15,17,21-22H,1,7,10-13,16,25-26H2,2-4H3/b27-23+. The fourth-order valence-corrected chi connectivity index (χ4v) is 3.96. The van der Waals surface area contributed by atoms with Crippen molar-refractivity contribution in [3.05, 3.63) is 48.8 Å². The number of likely N-dealkylation sites (N-methyl/N-ethyl adjacent to an activating group) is 1. The molecule has 33 heavy (non-hydrogen) atoms. The van der Waals surface area contributed by atoms with Gasteiger partial charge in [-0.05, 0) is 49.8 Å². The van der Waals surface area contributed by atoms with Crippen LogP contribution in [0.4, 0.5) is 5.69 Å². The minimum atomic E-state index is -0.381. The lowest BCUT2D eigenvalue weighted by atomic mass is 10.0. The van der Waals surface area contributed by atoms with Gasteiger partial charge in [0.25, 0.3) is 5.91 Å². The number of hydrazone groups is 1. The quantitative estimate of drug-likeness (QED) is 0.266. The van der Waals surface area contributed by atoms with Crippen molar-refractivity contribution in [3.63, 3.8) is 0 Å². The van der Waals surface area contributed by atoms with Crippen LogP contribution in [0.3, 0.4) is 0 Å². The molecule has 2 aliphatic rings. The van der Waals surface area contributed by atoms with E-state index in [4.69, 9.17) is 26.0 Å². The van der Waals surface area contributed by atoms with Crippen LogP contribution in [0.2, 0.25) is 0 Å². The van der Waals surface area contributed by atoms with Crippen LogP contribution in [-0.4, -0.2) is 78.5 Å². The lowest BCUT2D eigenvalue weighted by Gasteiger charge is -2.37. The van der Waals surface area contributed by atoms with Crippen LogP contribution in [-0.2, 0) is 9.53 Å². The van der Waals surface area contributed by atoms with E-state index in [9.17, 15) is 4.79 Å². The van der Waals surface area contributed by atoms with Gasteiger partial charge in [-0.1, -0.05) is 6.58 Å². The molecule has 1 aromatic carbocycles. The Labute approximate surface area is 196 Å². The summed E-state index contributed by atoms with van der Waals surface area (Å²) in [6.07, 6.45) is 5.54. The summed E-state index contributed by atoms with van der Waals surface area (Å²) in [5.74, 6) is 1.54. The molecule has 180 valence electrons. The van der Waals surface area contributed by atoms with E-state index in [0.29, 0.717) is 44.8 Å². The maximum absolute atomic E-state index is 12.5. The van der Waals surface area contributed by atoms with Crippen molar-refractivity contribution in [1.82, 2.24) is 14.8 Å². The number of benzene rings is 1. The van der Waals surface area contributed by atoms with Crippen molar-refractivity contribution < 1.29 is 14.3 Å². The maximum atomic E-state index is 12.5. The maximum Gasteiger partial charge on any atom is 0.264 e. The van der Waals surface area contributed by atoms with Crippen molar-refractivity contribution in [2.24, 2.45) is 10.8 Å². The third-order valence-electron chi connectivity index (χ3n) is 5.63. The Morgan fingerprint density at radius 2 is 2.03 bits per heavy atom. The molecule has 9 heteroatoms. The fourth-order valence-electron chi connectivity index (χ4n) is 3.96. The Morgan fingerprint density at radius 1 is 1.33 bits per heavy atom. The number of piperazine rings is 1. The number of amides is 1. The van der Waals surface area contributed by atoms with Gasteiger partial charge in [0, 0.05) is 45.3 Å². The molecule has 0 aromatic heterocycles. The molecule has 2 unspecified atom stereocenters. The van der Waals surface area contributed by atoms with Gasteiger partial charge in [0.15, 0.2) is 6.10 Å². The number of carbonyl (C=O) groups excluding carboxylic acids is 1. The highest BCUT2D eigenvalue weighted by Crippen LogP contribution is 2.25. The molecule has 2 atom stereocenters. The van der Waals surface area contributed by atoms with Crippen LogP contribution in [0.15, 0.2) is 48.3 Å². The van der Waals surface area contributed by atoms with E-state index in [1.807, 2.05) is 50.1 Å². The molecule has 1 amide bonds. The minimum Gasteiger partial charge on any atom is -0.491 e. The third-order valence-corrected chi connectivity index (χ3v) is 5.63. The number of ether oxygens (including phenoxy) is 2. The number of amidine groups is 1. The summed E-state index contributed by atoms with van der Waals surface area (Å²) in [6.45, 7) is 10.9. The molecule has 2 heterocycles. The summed E-state index contributed by atoms with van der Waals surface area (Å²) >= 11 is 0. The highest BCUT2D eigenvalue weighted by molar-refractivity contribution is 5.92. The third kappa shape index (κ3) is 6.41. The molecule has 0 bridgehead atoms. The first kappa shape index (κ1) is 24.4. The summed E-state index contributed by atoms with van der Waals surface area (Å²) in [5, 5.41) is 6.50. The Balaban J connectivity index is 1.58. The number of nitrogens with zero attached hydrogens (tertiary/aromatic N) is 4. The number of hydrogen-bond acceptors (Lipinski definition) is 7. The van der Waals surface area contributed by atoms with Gasteiger partial charge in [-0.3, -0.25) is 9.80 Å². The first-order chi connectivity index (χ1) is 15.8. The zero-order valence-electron chi connectivity index (χ0n) is 19.8. The lowest BCUT2D eigenvalue weighted by Crippen LogP contribution is -2.52. The predicted molar refractivity (Wildman–Crippen MR) is 131 cm³/mol. The largest absolute Gasteiger partial charge is 0.491 e. The van der Waals surface area contributed by atoms with Crippen LogP contribution >= 0.6 is 0 Å². The van der Waals surface area contributed by atoms with Gasteiger partial charge < -0.3 is 30.7 Å². The van der Waals surface area contributed by atoms with E-state index in [2.05, 4.69) is 11.5 Å². The van der Waals surface area contributed by atoms with Crippen molar-refractivity contribution in [3.8, 4) is 5.75 Å². The Morgan fingerprint density at radius 3 is 2.64 bits per heavy atom. The minimum absolute atomic E-state index is 0.0427. The summed E-state index contributed by atoms with van der Waals surface area (Å²) in [5.41, 5.74) is 14.1. The number of nitrogens with two attached hydrogens (primary N) is 2. The number of carbonyl (C=O) groups is 1. The number of anilines is 1. The second-order valence-corrected chi connectivity index (χ2v) is 8.61. The molecular formula is C24H36N6O3. The van der Waals surface area contributed by atoms with Crippen LogP contribution in [0, 0.1) is 0 Å². The average Bonchev–Trinajstić information content (AvgIpc) is 3.33. The van der Waals surface area contributed by atoms with E-state index >= 15 is 0 Å². The van der Waals surface area contributed by atoms with Crippen molar-refractivity contribution in [2.45, 2.75) is 38.5 Å². The van der Waals surface area contributed by atoms with Gasteiger partial charge in [0.05, 0.1) is 25.0 Å². The molecule has 0 saturated carbocycles. The van der Waals surface area contributed by atoms with Crippen molar-refractivity contribution in [2.75, 3.05) is 45.5 Å². The summed E-state index contributed by atoms with van der Waals surface area (Å²) in [4.78, 5) is 16.5. The summed E-state index contributed by atoms with van der Waals surface area (Å²) in [7, 11) is 1.87. The Bertz CT molecular complexity index is 884. The van der Waals surface area contributed by atoms with Gasteiger partial charge in [0.2, 0.25) is 0 Å². The Hall–Kier alpha value is -3.20. The predicted octanol–water partition coefficient (Wildman–Crippen LogP) is 1.93. The lowest BCUT2D eigenvalue weighted by molar-refractivity contribution is -0.140. The van der Waals surface area contributed by atoms with Crippen LogP contribution in [0.25, 0.3) is 0 Å². The Kier molecular flexibility index (Phi) is 8.21. The molecule has 1 saturated heterocycles. The first-order valence-electron chi connectivity index (χ1n) is 11.4. The molecule has 4 N–H and O–H groups in total. The number of nitrogen functional groups attached to an aromatic ring is 1. The topological polar surface area (TPSA) is 110 Å². The van der Waals surface area contributed by atoms with Gasteiger partial charge in [0.1, 0.15) is 11.6 Å². The molecule has 0 aliphatic carbocycles. The zero-order chi connectivity index (χ0) is 24.0. The van der Waals surface area contributed by atoms with Crippen LogP contribution in [0.1, 0.15) is 31.9 Å². The molecule has 1 aromatic rings. The van der Waals surface area contributed by atoms with E-state index in [-0.39, 0.29) is 24.2 Å². The molecule has 0 spiro atoms. The van der Waals surface area contributed by atoms with Gasteiger partial charge in [-0.25, -0.2) is 0 Å². The number of rotatable bonds is 8. The number of hydrogen-bond donors (Lipinski definition) is 2. The van der Waals surface area contributed by atoms with Gasteiger partial charge in [-0.2, -0.15) is 5.10 Å². The van der Waals surface area contributed by atoms with E-state index in [1.165, 1.54) is 0 Å². The van der Waals surface area contributed by atoms with Crippen molar-refractivity contribution >= 4 is 17.4 Å². The fraction of sp³-hybridized carbons (Fsp3) is 0.500. The second kappa shape index (κ2) is 11.1. The monoisotopic (exact) mass is 456 g/mol. The molecule has 2 aliphatic heterocycles. The first-order valence-corrected chi connectivity index (χ1v) is 11.4. The molecule has 3 rings (SSSR count). The molecule has 1 fully saturated rings. The molecular weight excluding hydrogens is 420 g/mol. The van der Waals surface area contributed by atoms with E-state index in [1.54, 1.807) is 17.3 Å². The summed E-state index contributed by atoms with van der Waals surface area (Å²) in [6, 6.07) is 5.23. The van der Waals surface area contributed by atoms with Crippen LogP contribution < -0.4 is 16.2 Å². The smallest absolute Gasteiger partial charge is 0.264 e. The molecule has 0 radical (unpaired) electrons. The van der Waals surface area contributed by atoms with Crippen molar-refractivity contribution in [1.29, 1.82) is 0 Å². The van der Waals surface area contributed by atoms with Gasteiger partial charge in [-0.15, -0.1) is 0 Å². The second-order valence-electron chi connectivity index (χ2n) is 8.61. The SMILES string of the molecule is C=C/C(=N\N(C)CC(N)c1cc(OC(C)C)ccc1N)N1CCN(C(=O)C2CC=CO2)CC1. The highest BCUT2D eigenvalue weighted by Gasteiger charge is 2.29. The summed E-state index contributed by atoms with van der Waals surface area (Å²) < 4.78 is 11.1. The highest BCUT2D eigenvalue weighted by atomic mass is 16.5. The van der Waals surface area contributed by atoms with E-state index < -0.39 is 0 Å². The zero-order valence-corrected chi connectivity index (χ0v) is 19.8.